The zero-order valence-corrected chi connectivity index (χ0v) is 52.8. The Labute approximate surface area is 496 Å². The molecule has 0 saturated heterocycles. The maximum atomic E-state index is 12.9. The second-order valence-corrected chi connectivity index (χ2v) is 22.7. The van der Waals surface area contributed by atoms with E-state index in [1.807, 2.05) is 0 Å². The van der Waals surface area contributed by atoms with Gasteiger partial charge in [-0.25, -0.2) is 0 Å². The number of unbranched alkanes of at least 4 members (excludes halogenated alkanes) is 35. The first-order chi connectivity index (χ1) is 39.5. The van der Waals surface area contributed by atoms with Crippen LogP contribution in [0.15, 0.2) is 97.2 Å². The highest BCUT2D eigenvalue weighted by Crippen LogP contribution is 2.18. The van der Waals surface area contributed by atoms with Crippen molar-refractivity contribution >= 4 is 17.9 Å². The van der Waals surface area contributed by atoms with Crippen LogP contribution in [0.3, 0.4) is 0 Å². The summed E-state index contributed by atoms with van der Waals surface area (Å²) in [5.74, 6) is -0.899. The first-order valence-corrected chi connectivity index (χ1v) is 34.2. The summed E-state index contributed by atoms with van der Waals surface area (Å²) in [5.41, 5.74) is 0. The lowest BCUT2D eigenvalue weighted by Gasteiger charge is -2.18. The Morgan fingerprint density at radius 2 is 0.487 bits per heavy atom. The first-order valence-electron chi connectivity index (χ1n) is 34.2. The van der Waals surface area contributed by atoms with E-state index in [4.69, 9.17) is 14.2 Å². The lowest BCUT2D eigenvalue weighted by atomic mass is 10.0. The second kappa shape index (κ2) is 67.8. The van der Waals surface area contributed by atoms with E-state index in [0.29, 0.717) is 19.3 Å². The summed E-state index contributed by atoms with van der Waals surface area (Å²) in [5, 5.41) is 0. The molecule has 0 heterocycles. The van der Waals surface area contributed by atoms with Crippen LogP contribution in [0.2, 0.25) is 0 Å². The number of hydrogen-bond donors (Lipinski definition) is 0. The minimum atomic E-state index is -0.789. The van der Waals surface area contributed by atoms with Gasteiger partial charge in [0.25, 0.3) is 0 Å². The van der Waals surface area contributed by atoms with E-state index >= 15 is 0 Å². The molecular weight excluding hydrogens is 985 g/mol. The van der Waals surface area contributed by atoms with Gasteiger partial charge in [-0.2, -0.15) is 0 Å². The van der Waals surface area contributed by atoms with E-state index < -0.39 is 6.10 Å². The predicted octanol–water partition coefficient (Wildman–Crippen LogP) is 23.6. The monoisotopic (exact) mass is 1110 g/mol. The van der Waals surface area contributed by atoms with Crippen molar-refractivity contribution in [2.45, 2.75) is 341 Å². The minimum Gasteiger partial charge on any atom is -0.462 e. The van der Waals surface area contributed by atoms with Crippen molar-refractivity contribution in [3.8, 4) is 0 Å². The van der Waals surface area contributed by atoms with Crippen LogP contribution >= 0.6 is 0 Å². The minimum absolute atomic E-state index is 0.0842. The van der Waals surface area contributed by atoms with Crippen molar-refractivity contribution in [1.82, 2.24) is 0 Å². The van der Waals surface area contributed by atoms with Crippen LogP contribution in [0.4, 0.5) is 0 Å². The molecule has 0 saturated carbocycles. The van der Waals surface area contributed by atoms with Gasteiger partial charge >= 0.3 is 17.9 Å². The summed E-state index contributed by atoms with van der Waals surface area (Å²) in [4.78, 5) is 38.4. The lowest BCUT2D eigenvalue weighted by Crippen LogP contribution is -2.30. The Balaban J connectivity index is 4.26. The van der Waals surface area contributed by atoms with Crippen molar-refractivity contribution in [2.75, 3.05) is 13.2 Å². The van der Waals surface area contributed by atoms with Crippen LogP contribution < -0.4 is 0 Å². The van der Waals surface area contributed by atoms with Gasteiger partial charge in [-0.05, 0) is 96.3 Å². The molecule has 0 aromatic carbocycles. The number of carbonyl (C=O) groups is 3. The van der Waals surface area contributed by atoms with Gasteiger partial charge in [0.05, 0.1) is 0 Å². The molecule has 6 nitrogen and oxygen atoms in total. The van der Waals surface area contributed by atoms with Gasteiger partial charge in [0.2, 0.25) is 0 Å². The smallest absolute Gasteiger partial charge is 0.306 e. The molecule has 0 aliphatic carbocycles. The largest absolute Gasteiger partial charge is 0.462 e. The van der Waals surface area contributed by atoms with Crippen molar-refractivity contribution in [2.24, 2.45) is 0 Å². The molecule has 0 bridgehead atoms. The molecule has 1 atom stereocenters. The average molecular weight is 1110 g/mol. The van der Waals surface area contributed by atoms with Gasteiger partial charge in [-0.3, -0.25) is 14.4 Å². The van der Waals surface area contributed by atoms with Gasteiger partial charge < -0.3 is 14.2 Å². The zero-order chi connectivity index (χ0) is 57.8. The molecule has 0 fully saturated rings. The molecule has 0 aromatic rings. The van der Waals surface area contributed by atoms with Crippen LogP contribution in [-0.2, 0) is 28.6 Å². The van der Waals surface area contributed by atoms with Crippen LogP contribution in [0.1, 0.15) is 335 Å². The third-order valence-corrected chi connectivity index (χ3v) is 14.8. The quantitative estimate of drug-likeness (QED) is 0.0261. The van der Waals surface area contributed by atoms with Gasteiger partial charge in [-0.1, -0.05) is 317 Å². The molecule has 0 aromatic heterocycles. The Morgan fingerprint density at radius 3 is 0.775 bits per heavy atom. The van der Waals surface area contributed by atoms with E-state index in [9.17, 15) is 14.4 Å². The summed E-state index contributed by atoms with van der Waals surface area (Å²) in [6.45, 7) is 6.43. The van der Waals surface area contributed by atoms with Gasteiger partial charge in [0.1, 0.15) is 13.2 Å². The standard InChI is InChI=1S/C74H128O6/c1-4-7-10-13-16-19-22-25-27-29-31-33-34-35-36-37-38-39-40-41-43-44-46-49-52-55-58-61-64-67-73(76)79-70-71(69-78-72(75)66-63-60-57-54-51-48-24-21-18-15-12-9-6-3)80-74(77)68-65-62-59-56-53-50-47-45-42-32-30-28-26-23-20-17-14-11-8-5-2/h7,9-10,12,16,18-19,21,25,27,31,33,35-36,48,51,71H,4-6,8,11,13-15,17,20,22-24,26,28-30,32,34,37-47,49-50,52-70H2,1-3H3/b10-7-,12-9-,19-16-,21-18-,27-25-,33-31-,36-35-,51-48-. The van der Waals surface area contributed by atoms with Crippen LogP contribution in [0.25, 0.3) is 0 Å². The molecule has 0 aliphatic heterocycles. The highest BCUT2D eigenvalue weighted by Gasteiger charge is 2.19. The van der Waals surface area contributed by atoms with Gasteiger partial charge in [0.15, 0.2) is 6.10 Å². The van der Waals surface area contributed by atoms with Crippen molar-refractivity contribution in [1.29, 1.82) is 0 Å². The molecule has 80 heavy (non-hydrogen) atoms. The number of esters is 3. The number of allylic oxidation sites excluding steroid dienone is 16. The number of hydrogen-bond acceptors (Lipinski definition) is 6. The molecule has 0 radical (unpaired) electrons. The van der Waals surface area contributed by atoms with E-state index in [2.05, 4.69) is 118 Å². The number of ether oxygens (including phenoxy) is 3. The maximum absolute atomic E-state index is 12.9. The van der Waals surface area contributed by atoms with Gasteiger partial charge in [-0.15, -0.1) is 0 Å². The fourth-order valence-corrected chi connectivity index (χ4v) is 9.78. The third-order valence-electron chi connectivity index (χ3n) is 14.8. The average Bonchev–Trinajstić information content (AvgIpc) is 3.46. The number of rotatable bonds is 62. The predicted molar refractivity (Wildman–Crippen MR) is 348 cm³/mol. The fraction of sp³-hybridized carbons (Fsp3) is 0.743. The second-order valence-electron chi connectivity index (χ2n) is 22.7. The molecule has 460 valence electrons. The molecule has 0 N–H and O–H groups in total. The van der Waals surface area contributed by atoms with Crippen LogP contribution in [0, 0.1) is 0 Å². The Hall–Kier alpha value is -3.67. The first kappa shape index (κ1) is 76.3. The Kier molecular flexibility index (Phi) is 64.7. The highest BCUT2D eigenvalue weighted by atomic mass is 16.6. The van der Waals surface area contributed by atoms with Crippen molar-refractivity contribution in [3.63, 3.8) is 0 Å². The van der Waals surface area contributed by atoms with E-state index in [1.54, 1.807) is 0 Å². The molecule has 0 aliphatic rings. The summed E-state index contributed by atoms with van der Waals surface area (Å²) in [6, 6.07) is 0. The summed E-state index contributed by atoms with van der Waals surface area (Å²) >= 11 is 0. The molecule has 1 unspecified atom stereocenters. The fourth-order valence-electron chi connectivity index (χ4n) is 9.78. The zero-order valence-electron chi connectivity index (χ0n) is 52.8. The Morgan fingerprint density at radius 1 is 0.263 bits per heavy atom. The van der Waals surface area contributed by atoms with E-state index in [1.165, 1.54) is 180 Å². The molecule has 0 spiro atoms. The number of carbonyl (C=O) groups excluding carboxylic acids is 3. The van der Waals surface area contributed by atoms with Crippen LogP contribution in [-0.4, -0.2) is 37.2 Å². The summed E-state index contributed by atoms with van der Waals surface area (Å²) in [7, 11) is 0. The van der Waals surface area contributed by atoms with Crippen LogP contribution in [0.5, 0.6) is 0 Å². The molecule has 0 amide bonds. The van der Waals surface area contributed by atoms with Crippen molar-refractivity contribution < 1.29 is 28.6 Å². The third kappa shape index (κ3) is 65.1. The van der Waals surface area contributed by atoms with E-state index in [0.717, 1.165) is 116 Å². The lowest BCUT2D eigenvalue weighted by molar-refractivity contribution is -0.167. The normalized spacial score (nSPS) is 12.7. The highest BCUT2D eigenvalue weighted by molar-refractivity contribution is 5.71. The van der Waals surface area contributed by atoms with Crippen molar-refractivity contribution in [3.05, 3.63) is 97.2 Å². The maximum Gasteiger partial charge on any atom is 0.306 e. The SMILES string of the molecule is CC/C=C\C/C=C\C/C=C\C/C=C\C/C=C\CCCCCCCCCCCCCCCC(=O)OCC(COC(=O)CCCCC/C=C\C/C=C\C/C=C\CC)OC(=O)CCCCCCCCCCCCCCCCCCCCCC. The summed E-state index contributed by atoms with van der Waals surface area (Å²) in [6.07, 6.45) is 91.5. The van der Waals surface area contributed by atoms with Gasteiger partial charge in [0, 0.05) is 19.3 Å². The molecular formula is C74H128O6. The Bertz CT molecular complexity index is 1560. The van der Waals surface area contributed by atoms with E-state index in [-0.39, 0.29) is 31.1 Å². The molecule has 0 rings (SSSR count). The summed E-state index contributed by atoms with van der Waals surface area (Å²) < 4.78 is 16.9. The topological polar surface area (TPSA) is 78.9 Å². The molecule has 6 heteroatoms.